The van der Waals surface area contributed by atoms with Crippen LogP contribution in [0, 0.1) is 0 Å². The molecule has 4 N–H and O–H groups in total. The van der Waals surface area contributed by atoms with E-state index in [-0.39, 0.29) is 35.4 Å². The van der Waals surface area contributed by atoms with Gasteiger partial charge in [0.05, 0.1) is 36.9 Å². The largest absolute Gasteiger partial charge is 0.495 e. The number of hydrogen-bond acceptors (Lipinski definition) is 9. The van der Waals surface area contributed by atoms with E-state index in [1.54, 1.807) is 13.0 Å². The zero-order valence-corrected chi connectivity index (χ0v) is 18.8. The van der Waals surface area contributed by atoms with Gasteiger partial charge in [-0.25, -0.2) is 14.0 Å². The molecule has 3 aromatic rings. The van der Waals surface area contributed by atoms with E-state index in [1.165, 1.54) is 25.4 Å². The number of rotatable bonds is 10. The number of benzene rings is 2. The zero-order chi connectivity index (χ0) is 23.8. The van der Waals surface area contributed by atoms with Gasteiger partial charge in [0.25, 0.3) is 0 Å². The SMILES string of the molecule is CCOC(=O)c1cnc(Nc2ccc(S(=O)O)cc2OC)nc1N[C@H](CO)c1ccccc1. The molecule has 2 aromatic carbocycles. The van der Waals surface area contributed by atoms with Crippen LogP contribution >= 0.6 is 0 Å². The molecule has 1 heterocycles. The molecule has 3 rings (SSSR count). The molecule has 0 fully saturated rings. The normalized spacial score (nSPS) is 12.5. The highest BCUT2D eigenvalue weighted by molar-refractivity contribution is 7.79. The first-order chi connectivity index (χ1) is 16.0. The Bertz CT molecular complexity index is 1130. The molecule has 1 aromatic heterocycles. The average Bonchev–Trinajstić information content (AvgIpc) is 2.83. The average molecular weight is 473 g/mol. The second-order valence-electron chi connectivity index (χ2n) is 6.70. The van der Waals surface area contributed by atoms with Crippen molar-refractivity contribution in [1.82, 2.24) is 9.97 Å². The Morgan fingerprint density at radius 2 is 1.97 bits per heavy atom. The van der Waals surface area contributed by atoms with Crippen molar-refractivity contribution >= 4 is 34.5 Å². The number of nitrogens with zero attached hydrogens (tertiary/aromatic N) is 2. The quantitative estimate of drug-likeness (QED) is 0.257. The Morgan fingerprint density at radius 3 is 2.61 bits per heavy atom. The fraction of sp³-hybridized carbons (Fsp3) is 0.227. The van der Waals surface area contributed by atoms with Crippen molar-refractivity contribution < 1.29 is 28.1 Å². The van der Waals surface area contributed by atoms with Gasteiger partial charge in [-0.05, 0) is 24.6 Å². The van der Waals surface area contributed by atoms with E-state index >= 15 is 0 Å². The molecule has 174 valence electrons. The smallest absolute Gasteiger partial charge is 0.343 e. The van der Waals surface area contributed by atoms with Gasteiger partial charge >= 0.3 is 5.97 Å². The molecule has 0 bridgehead atoms. The monoisotopic (exact) mass is 472 g/mol. The lowest BCUT2D eigenvalue weighted by atomic mass is 10.1. The number of hydrogen-bond donors (Lipinski definition) is 4. The molecule has 0 aliphatic carbocycles. The number of aliphatic hydroxyl groups excluding tert-OH is 1. The fourth-order valence-corrected chi connectivity index (χ4v) is 3.39. The molecule has 2 atom stereocenters. The maximum absolute atomic E-state index is 12.4. The van der Waals surface area contributed by atoms with E-state index in [1.807, 2.05) is 30.3 Å². The first kappa shape index (κ1) is 24.1. The third kappa shape index (κ3) is 6.04. The number of ether oxygens (including phenoxy) is 2. The van der Waals surface area contributed by atoms with E-state index in [9.17, 15) is 18.7 Å². The summed E-state index contributed by atoms with van der Waals surface area (Å²) in [6.07, 6.45) is 1.32. The molecule has 10 nitrogen and oxygen atoms in total. The highest BCUT2D eigenvalue weighted by Crippen LogP contribution is 2.30. The van der Waals surface area contributed by atoms with Crippen LogP contribution in [0.5, 0.6) is 5.75 Å². The minimum absolute atomic E-state index is 0.106. The van der Waals surface area contributed by atoms with Crippen molar-refractivity contribution in [2.45, 2.75) is 17.9 Å². The number of methoxy groups -OCH3 is 1. The van der Waals surface area contributed by atoms with Crippen molar-refractivity contribution in [3.63, 3.8) is 0 Å². The molecule has 0 saturated heterocycles. The van der Waals surface area contributed by atoms with Crippen LogP contribution in [0.2, 0.25) is 0 Å². The van der Waals surface area contributed by atoms with Crippen molar-refractivity contribution in [3.8, 4) is 5.75 Å². The third-order valence-electron chi connectivity index (χ3n) is 4.60. The van der Waals surface area contributed by atoms with E-state index in [4.69, 9.17) is 9.47 Å². The van der Waals surface area contributed by atoms with Crippen LogP contribution in [0.4, 0.5) is 17.5 Å². The van der Waals surface area contributed by atoms with E-state index in [0.717, 1.165) is 5.56 Å². The Labute approximate surface area is 193 Å². The molecule has 0 saturated carbocycles. The summed E-state index contributed by atoms with van der Waals surface area (Å²) >= 11 is -2.16. The second kappa shape index (κ2) is 11.4. The van der Waals surface area contributed by atoms with Gasteiger partial charge in [-0.15, -0.1) is 0 Å². The molecular formula is C22H24N4O6S. The zero-order valence-electron chi connectivity index (χ0n) is 18.0. The van der Waals surface area contributed by atoms with Gasteiger partial charge in [-0.3, -0.25) is 0 Å². The van der Waals surface area contributed by atoms with Gasteiger partial charge in [0, 0.05) is 12.3 Å². The van der Waals surface area contributed by atoms with Gasteiger partial charge in [-0.2, -0.15) is 4.98 Å². The van der Waals surface area contributed by atoms with Crippen LogP contribution in [-0.4, -0.2) is 50.1 Å². The summed E-state index contributed by atoms with van der Waals surface area (Å²) in [6, 6.07) is 13.1. The number of aromatic nitrogens is 2. The van der Waals surface area contributed by atoms with Crippen molar-refractivity contribution in [1.29, 1.82) is 0 Å². The Balaban J connectivity index is 1.96. The number of esters is 1. The molecule has 0 aliphatic rings. The maximum atomic E-state index is 12.4. The standard InChI is InChI=1S/C22H24N4O6S/c1-3-32-21(28)16-12-23-22(25-17-10-9-15(33(29)30)11-19(17)31-2)26-20(16)24-18(13-27)14-7-5-4-6-8-14/h4-12,18,27H,3,13H2,1-2H3,(H,29,30)(H2,23,24,25,26)/t18-/m1/s1. The summed E-state index contributed by atoms with van der Waals surface area (Å²) in [5, 5.41) is 16.0. The number of anilines is 3. The molecule has 0 aliphatic heterocycles. The first-order valence-electron chi connectivity index (χ1n) is 9.99. The van der Waals surface area contributed by atoms with Crippen LogP contribution in [0.1, 0.15) is 28.9 Å². The van der Waals surface area contributed by atoms with E-state index < -0.39 is 23.1 Å². The van der Waals surface area contributed by atoms with Crippen molar-refractivity contribution in [2.75, 3.05) is 31.0 Å². The third-order valence-corrected chi connectivity index (χ3v) is 5.26. The number of carbonyl (C=O) groups excluding carboxylic acids is 1. The summed E-state index contributed by atoms with van der Waals surface area (Å²) in [4.78, 5) is 21.2. The van der Waals surface area contributed by atoms with Gasteiger partial charge in [0.15, 0.2) is 11.1 Å². The summed E-state index contributed by atoms with van der Waals surface area (Å²) in [6.45, 7) is 1.63. The summed E-state index contributed by atoms with van der Waals surface area (Å²) in [7, 11) is 1.42. The van der Waals surface area contributed by atoms with Gasteiger partial charge in [0.1, 0.15) is 17.1 Å². The van der Waals surface area contributed by atoms with Gasteiger partial charge < -0.3 is 29.8 Å². The van der Waals surface area contributed by atoms with E-state index in [0.29, 0.717) is 11.4 Å². The molecule has 1 unspecified atom stereocenters. The minimum atomic E-state index is -2.16. The molecule has 0 spiro atoms. The highest BCUT2D eigenvalue weighted by Gasteiger charge is 2.20. The Morgan fingerprint density at radius 1 is 1.21 bits per heavy atom. The summed E-state index contributed by atoms with van der Waals surface area (Å²) < 4.78 is 31.0. The fourth-order valence-electron chi connectivity index (χ4n) is 3.00. The van der Waals surface area contributed by atoms with Crippen LogP contribution < -0.4 is 15.4 Å². The minimum Gasteiger partial charge on any atom is -0.495 e. The number of carbonyl (C=O) groups is 1. The Hall–Kier alpha value is -3.54. The lowest BCUT2D eigenvalue weighted by molar-refractivity contribution is 0.0526. The second-order valence-corrected chi connectivity index (χ2v) is 7.67. The maximum Gasteiger partial charge on any atom is 0.343 e. The number of nitrogens with one attached hydrogen (secondary N) is 2. The predicted octanol–water partition coefficient (Wildman–Crippen LogP) is 3.13. The molecular weight excluding hydrogens is 448 g/mol. The van der Waals surface area contributed by atoms with Crippen LogP contribution in [0.15, 0.2) is 59.6 Å². The van der Waals surface area contributed by atoms with Crippen LogP contribution in [0.25, 0.3) is 0 Å². The molecule has 0 amide bonds. The van der Waals surface area contributed by atoms with E-state index in [2.05, 4.69) is 20.6 Å². The predicted molar refractivity (Wildman–Crippen MR) is 123 cm³/mol. The summed E-state index contributed by atoms with van der Waals surface area (Å²) in [5.41, 5.74) is 1.36. The summed E-state index contributed by atoms with van der Waals surface area (Å²) in [5.74, 6) is -0.00367. The molecule has 0 radical (unpaired) electrons. The van der Waals surface area contributed by atoms with Crippen LogP contribution in [-0.2, 0) is 15.8 Å². The first-order valence-corrected chi connectivity index (χ1v) is 11.1. The topological polar surface area (TPSA) is 143 Å². The Kier molecular flexibility index (Phi) is 8.30. The molecule has 33 heavy (non-hydrogen) atoms. The number of aliphatic hydroxyl groups is 1. The van der Waals surface area contributed by atoms with Crippen LogP contribution in [0.3, 0.4) is 0 Å². The van der Waals surface area contributed by atoms with Crippen molar-refractivity contribution in [2.24, 2.45) is 0 Å². The van der Waals surface area contributed by atoms with Gasteiger partial charge in [-0.1, -0.05) is 30.3 Å². The van der Waals surface area contributed by atoms with Gasteiger partial charge in [0.2, 0.25) is 5.95 Å². The lowest BCUT2D eigenvalue weighted by Crippen LogP contribution is -2.19. The van der Waals surface area contributed by atoms with Crippen molar-refractivity contribution in [3.05, 3.63) is 65.9 Å². The molecule has 11 heteroatoms. The lowest BCUT2D eigenvalue weighted by Gasteiger charge is -2.20. The highest BCUT2D eigenvalue weighted by atomic mass is 32.2.